The number of benzene rings is 1. The zero-order chi connectivity index (χ0) is 13.2. The summed E-state index contributed by atoms with van der Waals surface area (Å²) in [6, 6.07) is 7.91. The summed E-state index contributed by atoms with van der Waals surface area (Å²) in [4.78, 5) is 0. The van der Waals surface area contributed by atoms with Crippen LogP contribution < -0.4 is 5.73 Å². The monoisotopic (exact) mass is 235 g/mol. The molecule has 0 fully saturated rings. The number of hydrogen-bond acceptors (Lipinski definition) is 2. The molecule has 17 heavy (non-hydrogen) atoms. The van der Waals surface area contributed by atoms with Crippen molar-refractivity contribution in [3.8, 4) is 0 Å². The molecule has 0 spiro atoms. The second kappa shape index (κ2) is 5.19. The zero-order valence-corrected chi connectivity index (χ0v) is 11.6. The van der Waals surface area contributed by atoms with E-state index in [4.69, 9.17) is 5.73 Å². The second-order valence-corrected chi connectivity index (χ2v) is 6.16. The molecule has 2 nitrogen and oxygen atoms in total. The van der Waals surface area contributed by atoms with Gasteiger partial charge in [-0.1, -0.05) is 58.9 Å². The van der Waals surface area contributed by atoms with E-state index < -0.39 is 6.10 Å². The van der Waals surface area contributed by atoms with Crippen LogP contribution in [0.5, 0.6) is 0 Å². The molecule has 1 aromatic carbocycles. The molecule has 2 atom stereocenters. The van der Waals surface area contributed by atoms with Crippen molar-refractivity contribution in [2.45, 2.75) is 52.7 Å². The summed E-state index contributed by atoms with van der Waals surface area (Å²) >= 11 is 0. The Hall–Kier alpha value is -0.860. The minimum Gasteiger partial charge on any atom is -0.391 e. The zero-order valence-electron chi connectivity index (χ0n) is 11.6. The average molecular weight is 235 g/mol. The van der Waals surface area contributed by atoms with Gasteiger partial charge >= 0.3 is 0 Å². The van der Waals surface area contributed by atoms with Gasteiger partial charge in [0.25, 0.3) is 0 Å². The minimum absolute atomic E-state index is 0.198. The minimum atomic E-state index is -0.535. The van der Waals surface area contributed by atoms with Crippen molar-refractivity contribution >= 4 is 0 Å². The Morgan fingerprint density at radius 1 is 1.00 bits per heavy atom. The van der Waals surface area contributed by atoms with Gasteiger partial charge in [0.05, 0.1) is 12.1 Å². The number of nitrogens with two attached hydrogens (primary N) is 1. The van der Waals surface area contributed by atoms with E-state index in [1.165, 1.54) is 5.56 Å². The second-order valence-electron chi connectivity index (χ2n) is 6.16. The molecule has 0 unspecified atom stereocenters. The maximum absolute atomic E-state index is 10.2. The van der Waals surface area contributed by atoms with Crippen LogP contribution in [0.2, 0.25) is 0 Å². The van der Waals surface area contributed by atoms with E-state index in [-0.39, 0.29) is 11.5 Å². The Morgan fingerprint density at radius 3 is 1.76 bits per heavy atom. The van der Waals surface area contributed by atoms with Gasteiger partial charge in [0, 0.05) is 0 Å². The molecule has 2 heteroatoms. The molecule has 0 amide bonds. The molecule has 0 radical (unpaired) electrons. The van der Waals surface area contributed by atoms with Crippen molar-refractivity contribution in [1.29, 1.82) is 0 Å². The molecule has 0 heterocycles. The highest BCUT2D eigenvalue weighted by atomic mass is 16.3. The molecule has 0 bridgehead atoms. The summed E-state index contributed by atoms with van der Waals surface area (Å²) < 4.78 is 0. The van der Waals surface area contributed by atoms with Crippen LogP contribution in [-0.4, -0.2) is 11.2 Å². The normalized spacial score (nSPS) is 16.0. The molecule has 0 saturated heterocycles. The fourth-order valence-electron chi connectivity index (χ4n) is 1.82. The predicted octanol–water partition coefficient (Wildman–Crippen LogP) is 3.22. The van der Waals surface area contributed by atoms with Crippen molar-refractivity contribution in [3.63, 3.8) is 0 Å². The highest BCUT2D eigenvalue weighted by molar-refractivity contribution is 5.27. The molecule has 1 rings (SSSR count). The maximum atomic E-state index is 10.2. The summed E-state index contributed by atoms with van der Waals surface area (Å²) in [6.45, 7) is 10.3. The molecule has 0 aliphatic rings. The fraction of sp³-hybridized carbons (Fsp3) is 0.600. The lowest BCUT2D eigenvalue weighted by Gasteiger charge is -2.31. The molecule has 0 saturated carbocycles. The van der Waals surface area contributed by atoms with Crippen LogP contribution in [0.3, 0.4) is 0 Å². The lowest BCUT2D eigenvalue weighted by Crippen LogP contribution is -2.36. The van der Waals surface area contributed by atoms with Gasteiger partial charge in [-0.2, -0.15) is 0 Å². The van der Waals surface area contributed by atoms with E-state index >= 15 is 0 Å². The first-order valence-corrected chi connectivity index (χ1v) is 6.27. The summed E-state index contributed by atoms with van der Waals surface area (Å²) in [5.41, 5.74) is 8.20. The van der Waals surface area contributed by atoms with Crippen LogP contribution in [0.4, 0.5) is 0 Å². The van der Waals surface area contributed by atoms with E-state index in [1.54, 1.807) is 0 Å². The summed E-state index contributed by atoms with van der Waals surface area (Å²) in [7, 11) is 0. The number of aliphatic hydroxyl groups excluding tert-OH is 1. The van der Waals surface area contributed by atoms with Crippen LogP contribution in [0.1, 0.15) is 57.7 Å². The third kappa shape index (κ3) is 3.55. The Bertz CT molecular complexity index is 348. The Labute approximate surface area is 105 Å². The molecular formula is C15H25NO. The molecule has 0 aliphatic heterocycles. The Balaban J connectivity index is 2.87. The summed E-state index contributed by atoms with van der Waals surface area (Å²) in [5.74, 6) is 0.521. The maximum Gasteiger partial charge on any atom is 0.0780 e. The van der Waals surface area contributed by atoms with Crippen molar-refractivity contribution in [3.05, 3.63) is 35.4 Å². The van der Waals surface area contributed by atoms with Gasteiger partial charge in [-0.25, -0.2) is 0 Å². The van der Waals surface area contributed by atoms with Crippen LogP contribution >= 0.6 is 0 Å². The highest BCUT2D eigenvalue weighted by Gasteiger charge is 2.28. The quantitative estimate of drug-likeness (QED) is 0.845. The molecule has 96 valence electrons. The third-order valence-electron chi connectivity index (χ3n) is 3.22. The number of rotatable bonds is 3. The van der Waals surface area contributed by atoms with Crippen LogP contribution in [0.25, 0.3) is 0 Å². The van der Waals surface area contributed by atoms with Crippen molar-refractivity contribution in [2.75, 3.05) is 0 Å². The van der Waals surface area contributed by atoms with E-state index in [1.807, 2.05) is 32.9 Å². The summed E-state index contributed by atoms with van der Waals surface area (Å²) in [5, 5.41) is 10.2. The van der Waals surface area contributed by atoms with Gasteiger partial charge in [0.2, 0.25) is 0 Å². The van der Waals surface area contributed by atoms with Gasteiger partial charge in [0.1, 0.15) is 0 Å². The SMILES string of the molecule is CC(C)c1ccc([C@@H](N)[C@@H](O)C(C)(C)C)cc1. The molecule has 3 N–H and O–H groups in total. The molecule has 0 aromatic heterocycles. The lowest BCUT2D eigenvalue weighted by atomic mass is 9.82. The van der Waals surface area contributed by atoms with Gasteiger partial charge < -0.3 is 10.8 Å². The van der Waals surface area contributed by atoms with E-state index in [0.717, 1.165) is 5.56 Å². The van der Waals surface area contributed by atoms with Crippen LogP contribution in [0, 0.1) is 5.41 Å². The van der Waals surface area contributed by atoms with Crippen LogP contribution in [-0.2, 0) is 0 Å². The van der Waals surface area contributed by atoms with E-state index in [0.29, 0.717) is 5.92 Å². The fourth-order valence-corrected chi connectivity index (χ4v) is 1.82. The van der Waals surface area contributed by atoms with Crippen molar-refractivity contribution < 1.29 is 5.11 Å². The standard InChI is InChI=1S/C15H25NO/c1-10(2)11-6-8-12(9-7-11)13(16)14(17)15(3,4)5/h6-10,13-14,17H,16H2,1-5H3/t13-,14-/m1/s1. The van der Waals surface area contributed by atoms with E-state index in [2.05, 4.69) is 26.0 Å². The lowest BCUT2D eigenvalue weighted by molar-refractivity contribution is 0.0401. The van der Waals surface area contributed by atoms with Crippen molar-refractivity contribution in [1.82, 2.24) is 0 Å². The first kappa shape index (κ1) is 14.2. The largest absolute Gasteiger partial charge is 0.391 e. The van der Waals surface area contributed by atoms with Crippen LogP contribution in [0.15, 0.2) is 24.3 Å². The molecule has 1 aromatic rings. The smallest absolute Gasteiger partial charge is 0.0780 e. The van der Waals surface area contributed by atoms with Gasteiger partial charge in [-0.05, 0) is 22.5 Å². The molecule has 0 aliphatic carbocycles. The molecular weight excluding hydrogens is 210 g/mol. The number of hydrogen-bond donors (Lipinski definition) is 2. The average Bonchev–Trinajstić information content (AvgIpc) is 2.26. The topological polar surface area (TPSA) is 46.2 Å². The Kier molecular flexibility index (Phi) is 4.34. The third-order valence-corrected chi connectivity index (χ3v) is 3.22. The highest BCUT2D eigenvalue weighted by Crippen LogP contribution is 2.29. The summed E-state index contributed by atoms with van der Waals surface area (Å²) in [6.07, 6.45) is -0.535. The van der Waals surface area contributed by atoms with Crippen molar-refractivity contribution in [2.24, 2.45) is 11.1 Å². The van der Waals surface area contributed by atoms with Gasteiger partial charge in [-0.3, -0.25) is 0 Å². The van der Waals surface area contributed by atoms with Gasteiger partial charge in [0.15, 0.2) is 0 Å². The van der Waals surface area contributed by atoms with Gasteiger partial charge in [-0.15, -0.1) is 0 Å². The predicted molar refractivity (Wildman–Crippen MR) is 72.9 cm³/mol. The first-order valence-electron chi connectivity index (χ1n) is 6.27. The Morgan fingerprint density at radius 2 is 1.41 bits per heavy atom. The first-order chi connectivity index (χ1) is 7.73. The van der Waals surface area contributed by atoms with E-state index in [9.17, 15) is 5.11 Å². The number of aliphatic hydroxyl groups is 1.